The largest absolute Gasteiger partial charge is 0.494 e. The molecule has 0 spiro atoms. The van der Waals surface area contributed by atoms with E-state index in [9.17, 15) is 28.8 Å². The summed E-state index contributed by atoms with van der Waals surface area (Å²) in [6.07, 6.45) is 5.22. The molecule has 4 heterocycles. The molecule has 6 amide bonds. The lowest BCUT2D eigenvalue weighted by molar-refractivity contribution is -0.118. The quantitative estimate of drug-likeness (QED) is 0.0249. The third kappa shape index (κ3) is 14.3. The van der Waals surface area contributed by atoms with Crippen molar-refractivity contribution < 1.29 is 43.0 Å². The number of nitrogens with zero attached hydrogens (tertiary/aromatic N) is 9. The van der Waals surface area contributed by atoms with Gasteiger partial charge in [-0.15, -0.1) is 0 Å². The Bertz CT molecular complexity index is 3360. The highest BCUT2D eigenvalue weighted by molar-refractivity contribution is 6.47. The molecule has 1 saturated heterocycles. The molecule has 0 aliphatic carbocycles. The lowest BCUT2D eigenvalue weighted by Crippen LogP contribution is -2.49. The molecule has 424 valence electrons. The molecule has 0 radical (unpaired) electrons. The molecule has 11 N–H and O–H groups in total. The van der Waals surface area contributed by atoms with Gasteiger partial charge in [-0.25, -0.2) is 14.8 Å². The molecule has 0 unspecified atom stereocenters. The molecule has 0 bridgehead atoms. The van der Waals surface area contributed by atoms with Crippen molar-refractivity contribution in [3.8, 4) is 11.5 Å². The summed E-state index contributed by atoms with van der Waals surface area (Å²) >= 11 is 0. The first-order valence-electron chi connectivity index (χ1n) is 26.2. The van der Waals surface area contributed by atoms with Crippen molar-refractivity contribution in [3.05, 3.63) is 107 Å². The number of ether oxygens (including phenoxy) is 3. The van der Waals surface area contributed by atoms with Crippen LogP contribution in [0, 0.1) is 12.8 Å². The Hall–Kier alpha value is -9.10. The second-order valence-electron chi connectivity index (χ2n) is 19.4. The number of nitrogens with two attached hydrogens (primary N) is 4. The van der Waals surface area contributed by atoms with Crippen LogP contribution in [0.1, 0.15) is 83.5 Å². The summed E-state index contributed by atoms with van der Waals surface area (Å²) in [7, 11) is 1.44. The first-order valence-corrected chi connectivity index (χ1v) is 26.2. The van der Waals surface area contributed by atoms with Crippen molar-refractivity contribution in [2.24, 2.45) is 33.8 Å². The Labute approximate surface area is 462 Å². The number of imidazole rings is 2. The zero-order valence-electron chi connectivity index (χ0n) is 46.1. The minimum absolute atomic E-state index is 0.00609. The number of rotatable bonds is 24. The molecule has 3 aromatic carbocycles. The van der Waals surface area contributed by atoms with Gasteiger partial charge in [0.15, 0.2) is 0 Å². The van der Waals surface area contributed by atoms with Gasteiger partial charge in [-0.05, 0) is 94.1 Å². The van der Waals surface area contributed by atoms with Crippen LogP contribution < -0.4 is 48.4 Å². The van der Waals surface area contributed by atoms with E-state index in [2.05, 4.69) is 35.9 Å². The Morgan fingerprint density at radius 1 is 0.800 bits per heavy atom. The number of anilines is 3. The number of carbonyl (C=O) groups excluding carboxylic acids is 6. The number of aryl methyl sites for hydroxylation is 2. The highest BCUT2D eigenvalue weighted by Crippen LogP contribution is 2.33. The van der Waals surface area contributed by atoms with E-state index in [4.69, 9.17) is 42.1 Å². The minimum Gasteiger partial charge on any atom is -0.494 e. The van der Waals surface area contributed by atoms with Crippen LogP contribution in [-0.4, -0.2) is 139 Å². The Morgan fingerprint density at radius 2 is 1.40 bits per heavy atom. The van der Waals surface area contributed by atoms with Gasteiger partial charge in [-0.2, -0.15) is 5.10 Å². The second-order valence-corrected chi connectivity index (χ2v) is 19.4. The van der Waals surface area contributed by atoms with Crippen molar-refractivity contribution >= 4 is 81.0 Å². The van der Waals surface area contributed by atoms with Crippen LogP contribution in [0.5, 0.6) is 11.5 Å². The number of nitrogens with one attached hydrogen (secondary N) is 3. The summed E-state index contributed by atoms with van der Waals surface area (Å²) in [5.74, 6) is -1.93. The second kappa shape index (κ2) is 26.5. The van der Waals surface area contributed by atoms with Gasteiger partial charge < -0.3 is 56.5 Å². The highest BCUT2D eigenvalue weighted by Gasteiger charge is 2.26. The number of benzene rings is 3. The number of carbonyl (C=O) groups is 6. The van der Waals surface area contributed by atoms with Crippen molar-refractivity contribution in [3.63, 3.8) is 0 Å². The van der Waals surface area contributed by atoms with Crippen LogP contribution in [0.2, 0.25) is 0 Å². The van der Waals surface area contributed by atoms with Crippen molar-refractivity contribution in [2.45, 2.75) is 80.2 Å². The van der Waals surface area contributed by atoms with Gasteiger partial charge in [0.2, 0.25) is 29.6 Å². The first kappa shape index (κ1) is 58.6. The van der Waals surface area contributed by atoms with E-state index in [-0.39, 0.29) is 72.6 Å². The van der Waals surface area contributed by atoms with Gasteiger partial charge in [-0.3, -0.25) is 49.2 Å². The van der Waals surface area contributed by atoms with E-state index in [0.29, 0.717) is 103 Å². The van der Waals surface area contributed by atoms with Gasteiger partial charge in [0.1, 0.15) is 40.5 Å². The molecule has 0 saturated carbocycles. The Morgan fingerprint density at radius 3 is 1.96 bits per heavy atom. The number of primary amides is 2. The number of hydrogen-bond acceptors (Lipinski definition) is 16. The van der Waals surface area contributed by atoms with Crippen molar-refractivity contribution in [1.29, 1.82) is 0 Å². The summed E-state index contributed by atoms with van der Waals surface area (Å²) in [5, 5.41) is 13.0. The van der Waals surface area contributed by atoms with Crippen molar-refractivity contribution in [1.82, 2.24) is 38.7 Å². The van der Waals surface area contributed by atoms with E-state index in [0.717, 1.165) is 5.56 Å². The summed E-state index contributed by atoms with van der Waals surface area (Å²) in [6, 6.07) is 14.2. The molecule has 7 rings (SSSR count). The zero-order chi connectivity index (χ0) is 57.8. The number of methoxy groups -OCH3 is 1. The maximum atomic E-state index is 14.0. The molecular weight excluding hydrogens is 1030 g/mol. The molecular formula is C55H70N16O9. The number of hydrogen-bond donors (Lipinski definition) is 7. The van der Waals surface area contributed by atoms with Crippen molar-refractivity contribution in [2.75, 3.05) is 68.9 Å². The molecule has 25 heteroatoms. The van der Waals surface area contributed by atoms with E-state index in [1.165, 1.54) is 31.4 Å². The summed E-state index contributed by atoms with van der Waals surface area (Å²) in [6.45, 7) is 14.8. The maximum absolute atomic E-state index is 14.0. The third-order valence-corrected chi connectivity index (χ3v) is 13.1. The fourth-order valence-electron chi connectivity index (χ4n) is 8.86. The number of piperazine rings is 1. The first-order chi connectivity index (χ1) is 38.3. The fraction of sp³-hybridized carbons (Fsp3) is 0.382. The topological polar surface area (TPSA) is 343 Å². The number of fused-ring (bicyclic) bond motifs is 2. The van der Waals surface area contributed by atoms with E-state index in [1.54, 1.807) is 75.9 Å². The third-order valence-electron chi connectivity index (χ3n) is 13.1. The fourth-order valence-corrected chi connectivity index (χ4v) is 8.86. The molecule has 25 nitrogen and oxygen atoms in total. The van der Waals surface area contributed by atoms with Crippen LogP contribution in [-0.2, 0) is 40.6 Å². The van der Waals surface area contributed by atoms with Crippen LogP contribution in [0.15, 0.2) is 83.5 Å². The monoisotopic (exact) mass is 1100 g/mol. The molecule has 1 aliphatic heterocycles. The Kier molecular flexibility index (Phi) is 19.4. The van der Waals surface area contributed by atoms with Crippen LogP contribution in [0.3, 0.4) is 0 Å². The molecule has 1 aliphatic rings. The smallest absolute Gasteiger partial charge is 0.410 e. The van der Waals surface area contributed by atoms with E-state index >= 15 is 0 Å². The summed E-state index contributed by atoms with van der Waals surface area (Å²) in [4.78, 5) is 95.8. The molecule has 3 aromatic heterocycles. The van der Waals surface area contributed by atoms with Gasteiger partial charge >= 0.3 is 6.09 Å². The van der Waals surface area contributed by atoms with Gasteiger partial charge in [0.05, 0.1) is 36.5 Å². The maximum Gasteiger partial charge on any atom is 0.410 e. The zero-order valence-corrected chi connectivity index (χ0v) is 46.1. The predicted octanol–water partition coefficient (Wildman–Crippen LogP) is 4.53. The summed E-state index contributed by atoms with van der Waals surface area (Å²) < 4.78 is 22.8. The average Bonchev–Trinajstić information content (AvgIpc) is 4.11. The number of amides is 6. The molecule has 80 heavy (non-hydrogen) atoms. The molecule has 1 fully saturated rings. The number of aromatic nitrogens is 6. The normalized spacial score (nSPS) is 13.7. The van der Waals surface area contributed by atoms with E-state index in [1.807, 2.05) is 32.9 Å². The van der Waals surface area contributed by atoms with Crippen LogP contribution in [0.25, 0.3) is 22.1 Å². The predicted molar refractivity (Wildman–Crippen MR) is 304 cm³/mol. The lowest BCUT2D eigenvalue weighted by Gasteiger charge is -2.34. The number of allylic oxidation sites excluding steroid dienone is 3. The number of aliphatic imine (C=N–C) groups is 1. The summed E-state index contributed by atoms with van der Waals surface area (Å²) in [5.41, 5.74) is 28.0. The van der Waals surface area contributed by atoms with Gasteiger partial charge in [0.25, 0.3) is 11.8 Å². The Balaban J connectivity index is 1.08. The SMILES string of the molecule is CCN=C(C=C(C)N)C(=O)Nc1nc2cc(C(N)=O)cc(OC)c2n1C/C=C/Cn1c(NC(=O)c2cc(C)nn2CC)nc2cc(C(N)=O)cc(OCCCN3CCN(C(=O)OCc4ccc(NC(=O)[C@@H](N)C(C)C)cc4)CC3)c21. The minimum atomic E-state index is -0.711. The average molecular weight is 1100 g/mol. The molecule has 1 atom stereocenters. The standard InChI is InChI=1S/C55H70N16O9/c1-8-60-41(25-33(5)56)50(74)64-53-62-39-27-36(48(58)72)29-43(78-7)46(39)69(53)18-10-11-19-70-47-40(63-54(70)65-51(75)42-26-34(6)66-71(42)9-2)28-37(49(59)73)30-44(47)79-24-12-17-67-20-22-68(23-21-67)55(77)80-31-35-13-15-38(16-14-35)61-52(76)45(57)32(3)4/h10-11,13-16,25-30,32,45H,8-9,12,17-24,31,56-57H2,1-7H3,(H2,58,72)(H2,59,73)(H,61,76)(H,62,64,74)(H,63,65,75)/b11-10+,33-25?,60-41?/t45-/m0/s1. The van der Waals surface area contributed by atoms with E-state index < -0.39 is 35.8 Å². The molecule has 6 aromatic rings. The highest BCUT2D eigenvalue weighted by atomic mass is 16.6. The van der Waals surface area contributed by atoms with Gasteiger partial charge in [-0.1, -0.05) is 38.1 Å². The van der Waals surface area contributed by atoms with Crippen LogP contribution >= 0.6 is 0 Å². The van der Waals surface area contributed by atoms with Crippen LogP contribution in [0.4, 0.5) is 22.4 Å². The van der Waals surface area contributed by atoms with Gasteiger partial charge in [0, 0.05) is 81.4 Å². The lowest BCUT2D eigenvalue weighted by atomic mass is 10.0.